The predicted molar refractivity (Wildman–Crippen MR) is 98.2 cm³/mol. The standard InChI is InChI=1S/C20H25NO4/c1-5-14-9-8-10-15(6-2)19(14)21-20(23)18-16(22)11-13(4)25-17(18)12-24-7-3/h8-11H,5-7,12H2,1-4H3,(H,21,23). The van der Waals surface area contributed by atoms with Crippen molar-refractivity contribution in [2.45, 2.75) is 47.1 Å². The van der Waals surface area contributed by atoms with Gasteiger partial charge in [0.25, 0.3) is 5.91 Å². The maximum atomic E-state index is 12.8. The first-order valence-corrected chi connectivity index (χ1v) is 8.65. The van der Waals surface area contributed by atoms with Gasteiger partial charge in [-0.15, -0.1) is 0 Å². The molecular formula is C20H25NO4. The Morgan fingerprint density at radius 1 is 1.16 bits per heavy atom. The molecule has 0 saturated carbocycles. The Kier molecular flexibility index (Phi) is 6.53. The second-order valence-corrected chi connectivity index (χ2v) is 5.77. The minimum Gasteiger partial charge on any atom is -0.463 e. The van der Waals surface area contributed by atoms with Gasteiger partial charge >= 0.3 is 0 Å². The Hall–Kier alpha value is -2.40. The van der Waals surface area contributed by atoms with Crippen LogP contribution in [0.3, 0.4) is 0 Å². The molecule has 0 bridgehead atoms. The Balaban J connectivity index is 2.44. The summed E-state index contributed by atoms with van der Waals surface area (Å²) in [4.78, 5) is 25.2. The van der Waals surface area contributed by atoms with E-state index in [1.165, 1.54) is 6.07 Å². The van der Waals surface area contributed by atoms with Crippen LogP contribution in [0.15, 0.2) is 33.5 Å². The lowest BCUT2D eigenvalue weighted by atomic mass is 10.0. The Labute approximate surface area is 148 Å². The first kappa shape index (κ1) is 18.9. The molecule has 0 unspecified atom stereocenters. The molecule has 25 heavy (non-hydrogen) atoms. The summed E-state index contributed by atoms with van der Waals surface area (Å²) >= 11 is 0. The zero-order valence-electron chi connectivity index (χ0n) is 15.3. The summed E-state index contributed by atoms with van der Waals surface area (Å²) in [7, 11) is 0. The maximum absolute atomic E-state index is 12.8. The van der Waals surface area contributed by atoms with Crippen LogP contribution in [0.4, 0.5) is 5.69 Å². The van der Waals surface area contributed by atoms with Gasteiger partial charge in [0.15, 0.2) is 5.43 Å². The largest absolute Gasteiger partial charge is 0.463 e. The molecule has 1 N–H and O–H groups in total. The fourth-order valence-corrected chi connectivity index (χ4v) is 2.78. The molecule has 0 aliphatic rings. The van der Waals surface area contributed by atoms with E-state index < -0.39 is 5.91 Å². The molecule has 1 aromatic heterocycles. The second-order valence-electron chi connectivity index (χ2n) is 5.77. The van der Waals surface area contributed by atoms with Crippen LogP contribution < -0.4 is 10.7 Å². The number of aryl methyl sites for hydroxylation is 3. The van der Waals surface area contributed by atoms with Crippen LogP contribution in [-0.4, -0.2) is 12.5 Å². The molecule has 0 saturated heterocycles. The lowest BCUT2D eigenvalue weighted by Gasteiger charge is -2.15. The Morgan fingerprint density at radius 2 is 1.80 bits per heavy atom. The molecular weight excluding hydrogens is 318 g/mol. The van der Waals surface area contributed by atoms with Crippen LogP contribution in [0.1, 0.15) is 53.8 Å². The van der Waals surface area contributed by atoms with Gasteiger partial charge in [-0.3, -0.25) is 9.59 Å². The van der Waals surface area contributed by atoms with Crippen molar-refractivity contribution in [3.63, 3.8) is 0 Å². The maximum Gasteiger partial charge on any atom is 0.263 e. The predicted octanol–water partition coefficient (Wildman–Crippen LogP) is 3.86. The highest BCUT2D eigenvalue weighted by atomic mass is 16.5. The number of anilines is 1. The van der Waals surface area contributed by atoms with Crippen molar-refractivity contribution in [3.05, 3.63) is 62.7 Å². The third-order valence-electron chi connectivity index (χ3n) is 4.05. The molecule has 1 aromatic carbocycles. The van der Waals surface area contributed by atoms with Crippen molar-refractivity contribution < 1.29 is 13.9 Å². The van der Waals surface area contributed by atoms with E-state index in [1.54, 1.807) is 6.92 Å². The van der Waals surface area contributed by atoms with Gasteiger partial charge in [0.1, 0.15) is 23.7 Å². The fraction of sp³-hybridized carbons (Fsp3) is 0.400. The SMILES string of the molecule is CCOCc1oc(C)cc(=O)c1C(=O)Nc1c(CC)cccc1CC. The van der Waals surface area contributed by atoms with Crippen molar-refractivity contribution in [2.75, 3.05) is 11.9 Å². The average Bonchev–Trinajstić information content (AvgIpc) is 2.59. The average molecular weight is 343 g/mol. The van der Waals surface area contributed by atoms with E-state index in [9.17, 15) is 9.59 Å². The minimum absolute atomic E-state index is 0.00649. The third kappa shape index (κ3) is 4.37. The topological polar surface area (TPSA) is 68.5 Å². The van der Waals surface area contributed by atoms with Crippen LogP contribution in [0.25, 0.3) is 0 Å². The molecule has 1 heterocycles. The van der Waals surface area contributed by atoms with Gasteiger partial charge in [-0.2, -0.15) is 0 Å². The van der Waals surface area contributed by atoms with E-state index >= 15 is 0 Å². The van der Waals surface area contributed by atoms with Crippen molar-refractivity contribution >= 4 is 11.6 Å². The third-order valence-corrected chi connectivity index (χ3v) is 4.05. The van der Waals surface area contributed by atoms with Crippen molar-refractivity contribution in [3.8, 4) is 0 Å². The number of rotatable bonds is 7. The molecule has 0 fully saturated rings. The number of amides is 1. The lowest BCUT2D eigenvalue weighted by Crippen LogP contribution is -2.25. The molecule has 0 aliphatic heterocycles. The number of carbonyl (C=O) groups excluding carboxylic acids is 1. The monoisotopic (exact) mass is 343 g/mol. The van der Waals surface area contributed by atoms with Gasteiger partial charge in [0, 0.05) is 18.4 Å². The molecule has 1 amide bonds. The van der Waals surface area contributed by atoms with Crippen LogP contribution in [-0.2, 0) is 24.2 Å². The summed E-state index contributed by atoms with van der Waals surface area (Å²) in [6.07, 6.45) is 1.58. The molecule has 5 nitrogen and oxygen atoms in total. The van der Waals surface area contributed by atoms with Gasteiger partial charge in [0.05, 0.1) is 0 Å². The summed E-state index contributed by atoms with van der Waals surface area (Å²) in [5.74, 6) is 0.259. The van der Waals surface area contributed by atoms with Crippen LogP contribution in [0.2, 0.25) is 0 Å². The first-order valence-electron chi connectivity index (χ1n) is 8.65. The molecule has 0 spiro atoms. The van der Waals surface area contributed by atoms with Crippen molar-refractivity contribution in [1.82, 2.24) is 0 Å². The van der Waals surface area contributed by atoms with E-state index in [1.807, 2.05) is 39.0 Å². The van der Waals surface area contributed by atoms with Crippen LogP contribution in [0.5, 0.6) is 0 Å². The molecule has 2 rings (SSSR count). The molecule has 5 heteroatoms. The van der Waals surface area contributed by atoms with E-state index in [2.05, 4.69) is 5.32 Å². The van der Waals surface area contributed by atoms with Gasteiger partial charge in [0.2, 0.25) is 0 Å². The zero-order chi connectivity index (χ0) is 18.4. The Bertz CT molecular complexity index is 786. The quantitative estimate of drug-likeness (QED) is 0.829. The van der Waals surface area contributed by atoms with Crippen molar-refractivity contribution in [1.29, 1.82) is 0 Å². The van der Waals surface area contributed by atoms with Gasteiger partial charge < -0.3 is 14.5 Å². The summed E-state index contributed by atoms with van der Waals surface area (Å²) in [6, 6.07) is 7.27. The van der Waals surface area contributed by atoms with E-state index in [0.29, 0.717) is 12.4 Å². The zero-order valence-corrected chi connectivity index (χ0v) is 15.3. The number of ether oxygens (including phenoxy) is 1. The van der Waals surface area contributed by atoms with Crippen LogP contribution in [0, 0.1) is 6.92 Å². The highest BCUT2D eigenvalue weighted by molar-refractivity contribution is 6.05. The number of para-hydroxylation sites is 1. The van der Waals surface area contributed by atoms with E-state index in [-0.39, 0.29) is 23.4 Å². The number of carbonyl (C=O) groups is 1. The van der Waals surface area contributed by atoms with E-state index in [0.717, 1.165) is 29.7 Å². The Morgan fingerprint density at radius 3 is 2.36 bits per heavy atom. The second kappa shape index (κ2) is 8.62. The minimum atomic E-state index is -0.459. The van der Waals surface area contributed by atoms with Gasteiger partial charge in [-0.25, -0.2) is 0 Å². The fourth-order valence-electron chi connectivity index (χ4n) is 2.78. The molecule has 2 aromatic rings. The first-order chi connectivity index (χ1) is 12.0. The summed E-state index contributed by atoms with van der Waals surface area (Å²) in [5, 5.41) is 2.92. The molecule has 0 aliphatic carbocycles. The van der Waals surface area contributed by atoms with E-state index in [4.69, 9.17) is 9.15 Å². The number of hydrogen-bond acceptors (Lipinski definition) is 4. The molecule has 0 radical (unpaired) electrons. The number of benzene rings is 1. The smallest absolute Gasteiger partial charge is 0.263 e. The number of hydrogen-bond donors (Lipinski definition) is 1. The number of nitrogens with one attached hydrogen (secondary N) is 1. The highest BCUT2D eigenvalue weighted by Gasteiger charge is 2.20. The van der Waals surface area contributed by atoms with Crippen LogP contribution >= 0.6 is 0 Å². The molecule has 134 valence electrons. The normalized spacial score (nSPS) is 10.7. The summed E-state index contributed by atoms with van der Waals surface area (Å²) < 4.78 is 10.9. The van der Waals surface area contributed by atoms with Gasteiger partial charge in [-0.1, -0.05) is 32.0 Å². The van der Waals surface area contributed by atoms with Crippen molar-refractivity contribution in [2.24, 2.45) is 0 Å². The van der Waals surface area contributed by atoms with Gasteiger partial charge in [-0.05, 0) is 37.8 Å². The summed E-state index contributed by atoms with van der Waals surface area (Å²) in [5.41, 5.74) is 2.50. The summed E-state index contributed by atoms with van der Waals surface area (Å²) in [6.45, 7) is 8.15. The molecule has 0 atom stereocenters. The lowest BCUT2D eigenvalue weighted by molar-refractivity contribution is 0.0982. The highest BCUT2D eigenvalue weighted by Crippen LogP contribution is 2.23.